The predicted molar refractivity (Wildman–Crippen MR) is 69.1 cm³/mol. The Morgan fingerprint density at radius 1 is 1.47 bits per heavy atom. The van der Waals surface area contributed by atoms with Crippen molar-refractivity contribution in [2.45, 2.75) is 11.3 Å². The maximum Gasteiger partial charge on any atom is 0.228 e. The molecule has 4 nitrogen and oxygen atoms in total. The molecule has 1 heterocycles. The first-order valence-electron chi connectivity index (χ1n) is 5.20. The van der Waals surface area contributed by atoms with Crippen molar-refractivity contribution in [3.63, 3.8) is 0 Å². The second kappa shape index (κ2) is 5.54. The molecule has 0 aliphatic rings. The van der Waals surface area contributed by atoms with Crippen LogP contribution in [-0.4, -0.2) is 22.4 Å². The third-order valence-electron chi connectivity index (χ3n) is 2.33. The van der Waals surface area contributed by atoms with Gasteiger partial charge in [0.15, 0.2) is 0 Å². The predicted octanol–water partition coefficient (Wildman–Crippen LogP) is 2.31. The van der Waals surface area contributed by atoms with Crippen LogP contribution in [0.15, 0.2) is 41.6 Å². The number of amides is 1. The number of nitrogens with one attached hydrogen (secondary N) is 2. The molecule has 1 aromatic heterocycles. The Bertz CT molecular complexity index is 496. The van der Waals surface area contributed by atoms with Crippen LogP contribution < -0.4 is 5.32 Å². The Morgan fingerprint density at radius 2 is 2.29 bits per heavy atom. The van der Waals surface area contributed by atoms with E-state index in [0.717, 1.165) is 10.5 Å². The molecule has 17 heavy (non-hydrogen) atoms. The van der Waals surface area contributed by atoms with Gasteiger partial charge in [0, 0.05) is 11.1 Å². The molecule has 0 fully saturated rings. The minimum atomic E-state index is -0.0344. The number of thioether (sulfide) groups is 1. The van der Waals surface area contributed by atoms with Gasteiger partial charge in [0.1, 0.15) is 0 Å². The number of hydrogen-bond donors (Lipinski definition) is 2. The third kappa shape index (κ3) is 3.10. The molecule has 0 aliphatic heterocycles. The van der Waals surface area contributed by atoms with Crippen molar-refractivity contribution in [2.24, 2.45) is 0 Å². The fourth-order valence-electron chi connectivity index (χ4n) is 1.55. The van der Waals surface area contributed by atoms with Gasteiger partial charge in [-0.1, -0.05) is 18.2 Å². The summed E-state index contributed by atoms with van der Waals surface area (Å²) in [6.07, 6.45) is 5.62. The second-order valence-corrected chi connectivity index (χ2v) is 4.37. The van der Waals surface area contributed by atoms with Crippen LogP contribution in [0.25, 0.3) is 0 Å². The van der Waals surface area contributed by atoms with Gasteiger partial charge >= 0.3 is 0 Å². The Balaban J connectivity index is 2.03. The molecule has 0 radical (unpaired) electrons. The standard InChI is InChI=1S/C12H13N3OS/c1-17-11-5-3-2-4-9(11)6-12(16)15-10-7-13-14-8-10/h2-5,7-8H,6H2,1H3,(H,13,14)(H,15,16). The monoisotopic (exact) mass is 247 g/mol. The van der Waals surface area contributed by atoms with Crippen LogP contribution >= 0.6 is 11.8 Å². The van der Waals surface area contributed by atoms with Crippen molar-refractivity contribution in [3.8, 4) is 0 Å². The van der Waals surface area contributed by atoms with Crippen LogP contribution in [0.4, 0.5) is 5.69 Å². The lowest BCUT2D eigenvalue weighted by molar-refractivity contribution is -0.115. The average molecular weight is 247 g/mol. The number of H-pyrrole nitrogens is 1. The SMILES string of the molecule is CSc1ccccc1CC(=O)Nc1cn[nH]c1. The number of carbonyl (C=O) groups excluding carboxylic acids is 1. The van der Waals surface area contributed by atoms with Crippen LogP contribution in [0.2, 0.25) is 0 Å². The van der Waals surface area contributed by atoms with E-state index in [1.807, 2.05) is 30.5 Å². The van der Waals surface area contributed by atoms with Crippen molar-refractivity contribution in [1.82, 2.24) is 10.2 Å². The van der Waals surface area contributed by atoms with Crippen LogP contribution in [0.1, 0.15) is 5.56 Å². The van der Waals surface area contributed by atoms with Crippen molar-refractivity contribution in [1.29, 1.82) is 0 Å². The molecule has 0 saturated heterocycles. The number of rotatable bonds is 4. The van der Waals surface area contributed by atoms with E-state index >= 15 is 0 Å². The van der Waals surface area contributed by atoms with Crippen LogP contribution in [-0.2, 0) is 11.2 Å². The number of carbonyl (C=O) groups is 1. The zero-order chi connectivity index (χ0) is 12.1. The highest BCUT2D eigenvalue weighted by molar-refractivity contribution is 7.98. The summed E-state index contributed by atoms with van der Waals surface area (Å²) < 4.78 is 0. The Kier molecular flexibility index (Phi) is 3.82. The Labute approximate surface area is 104 Å². The van der Waals surface area contributed by atoms with Crippen LogP contribution in [0.3, 0.4) is 0 Å². The van der Waals surface area contributed by atoms with Gasteiger partial charge in [0.05, 0.1) is 18.3 Å². The third-order valence-corrected chi connectivity index (χ3v) is 3.16. The summed E-state index contributed by atoms with van der Waals surface area (Å²) in [6.45, 7) is 0. The molecule has 0 atom stereocenters. The van der Waals surface area contributed by atoms with E-state index in [-0.39, 0.29) is 5.91 Å². The largest absolute Gasteiger partial charge is 0.323 e. The molecule has 0 saturated carbocycles. The maximum atomic E-state index is 11.8. The fourth-order valence-corrected chi connectivity index (χ4v) is 2.16. The van der Waals surface area contributed by atoms with E-state index in [2.05, 4.69) is 15.5 Å². The fraction of sp³-hybridized carbons (Fsp3) is 0.167. The van der Waals surface area contributed by atoms with Crippen LogP contribution in [0, 0.1) is 0 Å². The van der Waals surface area contributed by atoms with Crippen LogP contribution in [0.5, 0.6) is 0 Å². The van der Waals surface area contributed by atoms with Gasteiger partial charge in [-0.2, -0.15) is 5.10 Å². The van der Waals surface area contributed by atoms with Gasteiger partial charge < -0.3 is 5.32 Å². The van der Waals surface area contributed by atoms with Crippen molar-refractivity contribution >= 4 is 23.4 Å². The minimum Gasteiger partial charge on any atom is -0.323 e. The van der Waals surface area contributed by atoms with E-state index in [1.54, 1.807) is 24.2 Å². The maximum absolute atomic E-state index is 11.8. The second-order valence-electron chi connectivity index (χ2n) is 3.52. The molecule has 0 bridgehead atoms. The summed E-state index contributed by atoms with van der Waals surface area (Å²) in [6, 6.07) is 7.91. The molecule has 2 rings (SSSR count). The summed E-state index contributed by atoms with van der Waals surface area (Å²) in [5.41, 5.74) is 1.73. The Morgan fingerprint density at radius 3 is 3.00 bits per heavy atom. The summed E-state index contributed by atoms with van der Waals surface area (Å²) >= 11 is 1.65. The van der Waals surface area contributed by atoms with E-state index in [9.17, 15) is 4.79 Å². The normalized spacial score (nSPS) is 10.2. The summed E-state index contributed by atoms with van der Waals surface area (Å²) in [5.74, 6) is -0.0344. The zero-order valence-electron chi connectivity index (χ0n) is 9.43. The summed E-state index contributed by atoms with van der Waals surface area (Å²) in [7, 11) is 0. The molecular formula is C12H13N3OS. The van der Waals surface area contributed by atoms with Gasteiger partial charge in [-0.25, -0.2) is 0 Å². The molecule has 0 aliphatic carbocycles. The quantitative estimate of drug-likeness (QED) is 0.815. The van der Waals surface area contributed by atoms with Crippen molar-refractivity contribution in [3.05, 3.63) is 42.2 Å². The number of benzene rings is 1. The lowest BCUT2D eigenvalue weighted by Crippen LogP contribution is -2.14. The van der Waals surface area contributed by atoms with Gasteiger partial charge in [0.2, 0.25) is 5.91 Å². The number of hydrogen-bond acceptors (Lipinski definition) is 3. The van der Waals surface area contributed by atoms with Crippen molar-refractivity contribution in [2.75, 3.05) is 11.6 Å². The van der Waals surface area contributed by atoms with E-state index < -0.39 is 0 Å². The highest BCUT2D eigenvalue weighted by Gasteiger charge is 2.07. The molecule has 2 aromatic rings. The topological polar surface area (TPSA) is 57.8 Å². The molecule has 88 valence electrons. The first-order chi connectivity index (χ1) is 8.29. The molecule has 2 N–H and O–H groups in total. The molecule has 0 unspecified atom stereocenters. The van der Waals surface area contributed by atoms with Crippen molar-refractivity contribution < 1.29 is 4.79 Å². The highest BCUT2D eigenvalue weighted by Crippen LogP contribution is 2.20. The minimum absolute atomic E-state index is 0.0344. The lowest BCUT2D eigenvalue weighted by Gasteiger charge is -2.06. The van der Waals surface area contributed by atoms with E-state index in [4.69, 9.17) is 0 Å². The summed E-state index contributed by atoms with van der Waals surface area (Å²) in [5, 5.41) is 9.20. The number of anilines is 1. The molecule has 0 spiro atoms. The van der Waals surface area contributed by atoms with Gasteiger partial charge in [-0.3, -0.25) is 9.89 Å². The molecular weight excluding hydrogens is 234 g/mol. The average Bonchev–Trinajstić information content (AvgIpc) is 2.82. The molecule has 1 amide bonds. The molecule has 5 heteroatoms. The summed E-state index contributed by atoms with van der Waals surface area (Å²) in [4.78, 5) is 12.9. The number of aromatic nitrogens is 2. The highest BCUT2D eigenvalue weighted by atomic mass is 32.2. The zero-order valence-corrected chi connectivity index (χ0v) is 10.3. The van der Waals surface area contributed by atoms with Gasteiger partial charge in [-0.05, 0) is 17.9 Å². The van der Waals surface area contributed by atoms with Gasteiger partial charge in [-0.15, -0.1) is 11.8 Å². The first-order valence-corrected chi connectivity index (χ1v) is 6.42. The molecule has 1 aromatic carbocycles. The smallest absolute Gasteiger partial charge is 0.228 e. The first kappa shape index (κ1) is 11.7. The van der Waals surface area contributed by atoms with E-state index in [1.165, 1.54) is 0 Å². The Hall–Kier alpha value is -1.75. The van der Waals surface area contributed by atoms with E-state index in [0.29, 0.717) is 12.1 Å². The van der Waals surface area contributed by atoms with Gasteiger partial charge in [0.25, 0.3) is 0 Å². The number of aromatic amines is 1. The lowest BCUT2D eigenvalue weighted by atomic mass is 10.1. The number of nitrogens with zero attached hydrogens (tertiary/aromatic N) is 1.